The first kappa shape index (κ1) is 9.53. The maximum absolute atomic E-state index is 11.2. The molecule has 2 rings (SSSR count). The van der Waals surface area contributed by atoms with Crippen LogP contribution in [0.1, 0.15) is 25.7 Å². The van der Waals surface area contributed by atoms with Crippen LogP contribution < -0.4 is 0 Å². The topological polar surface area (TPSA) is 20.3 Å². The summed E-state index contributed by atoms with van der Waals surface area (Å²) in [4.78, 5) is 13.6. The number of Topliss-reactive ketones (excluding diaryl/α,β-unsaturated/α-hetero) is 1. The van der Waals surface area contributed by atoms with Gasteiger partial charge in [-0.3, -0.25) is 9.69 Å². The van der Waals surface area contributed by atoms with E-state index in [0.29, 0.717) is 11.8 Å². The second kappa shape index (κ2) is 4.01. The number of carbonyl (C=O) groups is 1. The fourth-order valence-corrected chi connectivity index (χ4v) is 3.56. The van der Waals surface area contributed by atoms with Crippen LogP contribution in [-0.4, -0.2) is 41.3 Å². The lowest BCUT2D eigenvalue weighted by Crippen LogP contribution is -2.37. The van der Waals surface area contributed by atoms with Crippen molar-refractivity contribution in [3.05, 3.63) is 0 Å². The van der Waals surface area contributed by atoms with E-state index in [4.69, 9.17) is 0 Å². The normalized spacial score (nSPS) is 35.9. The number of carbonyl (C=O) groups excluding carboxylic acids is 1. The van der Waals surface area contributed by atoms with Gasteiger partial charge in [-0.1, -0.05) is 6.42 Å². The van der Waals surface area contributed by atoms with Crippen molar-refractivity contribution in [3.8, 4) is 0 Å². The Labute approximate surface area is 84.1 Å². The van der Waals surface area contributed by atoms with Gasteiger partial charge in [0, 0.05) is 24.3 Å². The van der Waals surface area contributed by atoms with Gasteiger partial charge >= 0.3 is 0 Å². The molecule has 3 heteroatoms. The third-order valence-corrected chi connectivity index (χ3v) is 4.40. The van der Waals surface area contributed by atoms with Gasteiger partial charge in [-0.2, -0.15) is 11.8 Å². The minimum atomic E-state index is 0.437. The van der Waals surface area contributed by atoms with E-state index in [9.17, 15) is 4.79 Å². The van der Waals surface area contributed by atoms with Crippen LogP contribution in [0.3, 0.4) is 0 Å². The Bertz CT molecular complexity index is 207. The van der Waals surface area contributed by atoms with Gasteiger partial charge in [-0.15, -0.1) is 0 Å². The van der Waals surface area contributed by atoms with Gasteiger partial charge in [0.25, 0.3) is 0 Å². The van der Waals surface area contributed by atoms with Crippen LogP contribution in [0.5, 0.6) is 0 Å². The van der Waals surface area contributed by atoms with Gasteiger partial charge in [0.1, 0.15) is 5.78 Å². The summed E-state index contributed by atoms with van der Waals surface area (Å²) in [7, 11) is 0. The van der Waals surface area contributed by atoms with E-state index in [-0.39, 0.29) is 0 Å². The lowest BCUT2D eigenvalue weighted by Gasteiger charge is -2.27. The molecule has 2 aliphatic rings. The summed E-state index contributed by atoms with van der Waals surface area (Å²) in [5.41, 5.74) is 0. The molecule has 74 valence electrons. The van der Waals surface area contributed by atoms with Gasteiger partial charge in [0.15, 0.2) is 0 Å². The SMILES string of the molecule is CSC1CCCC1N1CCC(=O)C1. The van der Waals surface area contributed by atoms with Gasteiger partial charge in [0.05, 0.1) is 6.54 Å². The first-order chi connectivity index (χ1) is 6.31. The van der Waals surface area contributed by atoms with E-state index in [1.807, 2.05) is 11.8 Å². The molecule has 1 heterocycles. The fraction of sp³-hybridized carbons (Fsp3) is 0.900. The molecular formula is C10H17NOS. The van der Waals surface area contributed by atoms with Crippen LogP contribution in [0, 0.1) is 0 Å². The van der Waals surface area contributed by atoms with Crippen LogP contribution in [0.15, 0.2) is 0 Å². The van der Waals surface area contributed by atoms with Crippen LogP contribution in [0.2, 0.25) is 0 Å². The van der Waals surface area contributed by atoms with E-state index in [2.05, 4.69) is 11.2 Å². The Kier molecular flexibility index (Phi) is 2.94. The minimum absolute atomic E-state index is 0.437. The Morgan fingerprint density at radius 1 is 1.46 bits per heavy atom. The second-order valence-electron chi connectivity index (χ2n) is 4.03. The van der Waals surface area contributed by atoms with Gasteiger partial charge in [-0.25, -0.2) is 0 Å². The number of hydrogen-bond acceptors (Lipinski definition) is 3. The standard InChI is InChI=1S/C10H17NOS/c1-13-10-4-2-3-9(10)11-6-5-8(12)7-11/h9-10H,2-7H2,1H3. The number of ketones is 1. The lowest BCUT2D eigenvalue weighted by molar-refractivity contribution is -0.117. The van der Waals surface area contributed by atoms with E-state index in [0.717, 1.165) is 24.8 Å². The van der Waals surface area contributed by atoms with E-state index >= 15 is 0 Å². The van der Waals surface area contributed by atoms with Crippen LogP contribution >= 0.6 is 11.8 Å². The molecule has 0 N–H and O–H groups in total. The first-order valence-electron chi connectivity index (χ1n) is 5.10. The van der Waals surface area contributed by atoms with Crippen molar-refractivity contribution in [1.29, 1.82) is 0 Å². The zero-order chi connectivity index (χ0) is 9.26. The molecule has 0 aromatic carbocycles. The van der Waals surface area contributed by atoms with E-state index in [1.54, 1.807) is 0 Å². The summed E-state index contributed by atoms with van der Waals surface area (Å²) >= 11 is 1.98. The van der Waals surface area contributed by atoms with Crippen LogP contribution in [0.25, 0.3) is 0 Å². The molecule has 0 bridgehead atoms. The Morgan fingerprint density at radius 3 is 2.92 bits per heavy atom. The third-order valence-electron chi connectivity index (χ3n) is 3.25. The monoisotopic (exact) mass is 199 g/mol. The van der Waals surface area contributed by atoms with Crippen LogP contribution in [0.4, 0.5) is 0 Å². The van der Waals surface area contributed by atoms with Crippen molar-refractivity contribution in [2.75, 3.05) is 19.3 Å². The largest absolute Gasteiger partial charge is 0.298 e. The van der Waals surface area contributed by atoms with Crippen molar-refractivity contribution in [1.82, 2.24) is 4.90 Å². The Balaban J connectivity index is 1.95. The van der Waals surface area contributed by atoms with Gasteiger partial charge in [0.2, 0.25) is 0 Å². The molecule has 13 heavy (non-hydrogen) atoms. The molecule has 0 radical (unpaired) electrons. The third kappa shape index (κ3) is 1.91. The molecule has 2 unspecified atom stereocenters. The van der Waals surface area contributed by atoms with Crippen molar-refractivity contribution < 1.29 is 4.79 Å². The molecule has 0 spiro atoms. The summed E-state index contributed by atoms with van der Waals surface area (Å²) in [6.07, 6.45) is 6.98. The molecule has 0 aromatic heterocycles. The molecule has 1 aliphatic carbocycles. The zero-order valence-electron chi connectivity index (χ0n) is 8.16. The molecule has 0 amide bonds. The summed E-state index contributed by atoms with van der Waals surface area (Å²) in [5.74, 6) is 0.437. The summed E-state index contributed by atoms with van der Waals surface area (Å²) in [6.45, 7) is 1.74. The molecule has 1 aliphatic heterocycles. The molecule has 2 fully saturated rings. The molecule has 1 saturated heterocycles. The number of likely N-dealkylation sites (tertiary alicyclic amines) is 1. The highest BCUT2D eigenvalue weighted by Crippen LogP contribution is 2.33. The van der Waals surface area contributed by atoms with Gasteiger partial charge < -0.3 is 0 Å². The molecule has 2 nitrogen and oxygen atoms in total. The Morgan fingerprint density at radius 2 is 2.31 bits per heavy atom. The molecule has 1 saturated carbocycles. The maximum atomic E-state index is 11.2. The number of rotatable bonds is 2. The highest BCUT2D eigenvalue weighted by atomic mass is 32.2. The fourth-order valence-electron chi connectivity index (χ4n) is 2.54. The van der Waals surface area contributed by atoms with Crippen LogP contribution in [-0.2, 0) is 4.79 Å². The summed E-state index contributed by atoms with van der Waals surface area (Å²) < 4.78 is 0. The first-order valence-corrected chi connectivity index (χ1v) is 6.38. The molecule has 2 atom stereocenters. The smallest absolute Gasteiger partial charge is 0.148 e. The molecule has 0 aromatic rings. The quantitative estimate of drug-likeness (QED) is 0.673. The maximum Gasteiger partial charge on any atom is 0.148 e. The Hall–Kier alpha value is -0.0200. The number of thioether (sulfide) groups is 1. The van der Waals surface area contributed by atoms with Crippen molar-refractivity contribution >= 4 is 17.5 Å². The average molecular weight is 199 g/mol. The number of hydrogen-bond donors (Lipinski definition) is 0. The predicted molar refractivity (Wildman–Crippen MR) is 56.1 cm³/mol. The highest BCUT2D eigenvalue weighted by Gasteiger charge is 2.34. The van der Waals surface area contributed by atoms with E-state index < -0.39 is 0 Å². The number of nitrogens with zero attached hydrogens (tertiary/aromatic N) is 1. The summed E-state index contributed by atoms with van der Waals surface area (Å²) in [6, 6.07) is 0.696. The van der Waals surface area contributed by atoms with Gasteiger partial charge in [-0.05, 0) is 19.1 Å². The minimum Gasteiger partial charge on any atom is -0.298 e. The van der Waals surface area contributed by atoms with Crippen molar-refractivity contribution in [3.63, 3.8) is 0 Å². The second-order valence-corrected chi connectivity index (χ2v) is 5.11. The summed E-state index contributed by atoms with van der Waals surface area (Å²) in [5, 5.41) is 0.783. The lowest BCUT2D eigenvalue weighted by atomic mass is 10.2. The predicted octanol–water partition coefficient (Wildman–Crippen LogP) is 1.55. The zero-order valence-corrected chi connectivity index (χ0v) is 8.98. The van der Waals surface area contributed by atoms with Crippen molar-refractivity contribution in [2.45, 2.75) is 37.0 Å². The average Bonchev–Trinajstić information content (AvgIpc) is 2.71. The highest BCUT2D eigenvalue weighted by molar-refractivity contribution is 7.99. The van der Waals surface area contributed by atoms with Crippen molar-refractivity contribution in [2.24, 2.45) is 0 Å². The van der Waals surface area contributed by atoms with E-state index in [1.165, 1.54) is 19.3 Å². The molecular weight excluding hydrogens is 182 g/mol.